The highest BCUT2D eigenvalue weighted by atomic mass is 35.5. The van der Waals surface area contributed by atoms with Crippen molar-refractivity contribution in [3.63, 3.8) is 0 Å². The number of furan rings is 1. The molecule has 1 aromatic heterocycles. The SMILES string of the molecule is COc1ccc(Cl)c(/C(O)=C2\C(=O)C(=O)N(Cc3ccco3)C2c2ccc(Cl)cc2)c1. The van der Waals surface area contributed by atoms with Crippen LogP contribution in [-0.4, -0.2) is 28.8 Å². The predicted molar refractivity (Wildman–Crippen MR) is 116 cm³/mol. The molecule has 3 aromatic rings. The fraction of sp³-hybridized carbons (Fsp3) is 0.130. The van der Waals surface area contributed by atoms with Gasteiger partial charge in [0.05, 0.1) is 36.6 Å². The van der Waals surface area contributed by atoms with Gasteiger partial charge in [0.15, 0.2) is 0 Å². The number of Topliss-reactive ketones (excluding diaryl/α,β-unsaturated/α-hetero) is 1. The molecular weight excluding hydrogens is 441 g/mol. The van der Waals surface area contributed by atoms with Crippen molar-refractivity contribution in [3.05, 3.63) is 93.4 Å². The number of methoxy groups -OCH3 is 1. The Labute approximate surface area is 188 Å². The highest BCUT2D eigenvalue weighted by Gasteiger charge is 2.46. The number of aliphatic hydroxyl groups excluding tert-OH is 1. The second-order valence-electron chi connectivity index (χ2n) is 6.90. The molecule has 8 heteroatoms. The topological polar surface area (TPSA) is 80.0 Å². The van der Waals surface area contributed by atoms with Gasteiger partial charge >= 0.3 is 0 Å². The van der Waals surface area contributed by atoms with E-state index in [0.717, 1.165) is 0 Å². The maximum absolute atomic E-state index is 13.0. The third-order valence-corrected chi connectivity index (χ3v) is 5.64. The van der Waals surface area contributed by atoms with Gasteiger partial charge in [-0.1, -0.05) is 35.3 Å². The van der Waals surface area contributed by atoms with Crippen LogP contribution < -0.4 is 4.74 Å². The average molecular weight is 458 g/mol. The molecular formula is C23H17Cl2NO5. The molecule has 2 aromatic carbocycles. The molecule has 1 unspecified atom stereocenters. The van der Waals surface area contributed by atoms with Crippen LogP contribution in [0.1, 0.15) is 22.9 Å². The summed E-state index contributed by atoms with van der Waals surface area (Å²) in [6, 6.07) is 13.9. The number of hydrogen-bond acceptors (Lipinski definition) is 5. The molecule has 31 heavy (non-hydrogen) atoms. The molecule has 158 valence electrons. The van der Waals surface area contributed by atoms with Crippen molar-refractivity contribution in [1.82, 2.24) is 4.90 Å². The molecule has 0 spiro atoms. The lowest BCUT2D eigenvalue weighted by Crippen LogP contribution is -2.29. The average Bonchev–Trinajstić information content (AvgIpc) is 3.37. The number of ketones is 1. The third-order valence-electron chi connectivity index (χ3n) is 5.06. The van der Waals surface area contributed by atoms with Crippen LogP contribution in [0.5, 0.6) is 5.75 Å². The molecule has 1 saturated heterocycles. The van der Waals surface area contributed by atoms with Crippen LogP contribution in [0.3, 0.4) is 0 Å². The molecule has 0 bridgehead atoms. The number of aliphatic hydroxyl groups is 1. The van der Waals surface area contributed by atoms with E-state index in [2.05, 4.69) is 0 Å². The van der Waals surface area contributed by atoms with Gasteiger partial charge in [0.1, 0.15) is 17.3 Å². The van der Waals surface area contributed by atoms with Gasteiger partial charge in [-0.05, 0) is 48.0 Å². The smallest absolute Gasteiger partial charge is 0.296 e. The molecule has 0 saturated carbocycles. The summed E-state index contributed by atoms with van der Waals surface area (Å²) in [6.07, 6.45) is 1.49. The normalized spacial score (nSPS) is 17.9. The summed E-state index contributed by atoms with van der Waals surface area (Å²) in [5.74, 6) is -1.01. The van der Waals surface area contributed by atoms with E-state index in [1.54, 1.807) is 48.5 Å². The van der Waals surface area contributed by atoms with Gasteiger partial charge in [-0.25, -0.2) is 0 Å². The van der Waals surface area contributed by atoms with E-state index < -0.39 is 17.7 Å². The van der Waals surface area contributed by atoms with E-state index >= 15 is 0 Å². The monoisotopic (exact) mass is 457 g/mol. The first kappa shape index (κ1) is 21.0. The van der Waals surface area contributed by atoms with Gasteiger partial charge in [-0.2, -0.15) is 0 Å². The Morgan fingerprint density at radius 2 is 1.87 bits per heavy atom. The Morgan fingerprint density at radius 1 is 1.13 bits per heavy atom. The van der Waals surface area contributed by atoms with Crippen molar-refractivity contribution in [2.45, 2.75) is 12.6 Å². The van der Waals surface area contributed by atoms with Crippen molar-refractivity contribution in [3.8, 4) is 5.75 Å². The molecule has 1 atom stereocenters. The van der Waals surface area contributed by atoms with Gasteiger partial charge < -0.3 is 19.2 Å². The lowest BCUT2D eigenvalue weighted by Gasteiger charge is -2.24. The summed E-state index contributed by atoms with van der Waals surface area (Å²) in [7, 11) is 1.48. The quantitative estimate of drug-likeness (QED) is 0.322. The first-order chi connectivity index (χ1) is 14.9. The first-order valence-electron chi connectivity index (χ1n) is 9.31. The van der Waals surface area contributed by atoms with E-state index in [9.17, 15) is 14.7 Å². The summed E-state index contributed by atoms with van der Waals surface area (Å²) in [4.78, 5) is 27.3. The van der Waals surface area contributed by atoms with Crippen LogP contribution in [0.25, 0.3) is 5.76 Å². The van der Waals surface area contributed by atoms with Gasteiger partial charge in [0, 0.05) is 10.6 Å². The number of hydrogen-bond donors (Lipinski definition) is 1. The van der Waals surface area contributed by atoms with Crippen LogP contribution in [0.15, 0.2) is 70.9 Å². The summed E-state index contributed by atoms with van der Waals surface area (Å²) in [6.45, 7) is 0.0491. The Kier molecular flexibility index (Phi) is 5.76. The Morgan fingerprint density at radius 3 is 2.52 bits per heavy atom. The maximum Gasteiger partial charge on any atom is 0.296 e. The molecule has 1 N–H and O–H groups in total. The zero-order valence-corrected chi connectivity index (χ0v) is 17.9. The predicted octanol–water partition coefficient (Wildman–Crippen LogP) is 5.22. The highest BCUT2D eigenvalue weighted by Crippen LogP contribution is 2.42. The molecule has 1 aliphatic heterocycles. The van der Waals surface area contributed by atoms with Crippen LogP contribution in [0.4, 0.5) is 0 Å². The first-order valence-corrected chi connectivity index (χ1v) is 10.1. The van der Waals surface area contributed by atoms with Crippen molar-refractivity contribution in [2.24, 2.45) is 0 Å². The van der Waals surface area contributed by atoms with E-state index in [0.29, 0.717) is 22.1 Å². The number of ether oxygens (including phenoxy) is 1. The van der Waals surface area contributed by atoms with Crippen LogP contribution >= 0.6 is 23.2 Å². The fourth-order valence-electron chi connectivity index (χ4n) is 3.56. The van der Waals surface area contributed by atoms with Crippen LogP contribution in [-0.2, 0) is 16.1 Å². The van der Waals surface area contributed by atoms with Crippen LogP contribution in [0.2, 0.25) is 10.0 Å². The van der Waals surface area contributed by atoms with Crippen molar-refractivity contribution < 1.29 is 23.8 Å². The number of carbonyl (C=O) groups excluding carboxylic acids is 2. The lowest BCUT2D eigenvalue weighted by molar-refractivity contribution is -0.140. The zero-order chi connectivity index (χ0) is 22.1. The minimum atomic E-state index is -0.857. The van der Waals surface area contributed by atoms with Gasteiger partial charge in [-0.15, -0.1) is 0 Å². The van der Waals surface area contributed by atoms with E-state index in [1.807, 2.05) is 0 Å². The number of amides is 1. The standard InChI is InChI=1S/C23H17Cl2NO5/c1-30-15-8-9-18(25)17(11-15)21(27)19-20(13-4-6-14(24)7-5-13)26(23(29)22(19)28)12-16-3-2-10-31-16/h2-11,20,27H,12H2,1H3/b21-19+. The molecule has 1 aliphatic rings. The zero-order valence-electron chi connectivity index (χ0n) is 16.3. The Balaban J connectivity index is 1.90. The summed E-state index contributed by atoms with van der Waals surface area (Å²) >= 11 is 12.3. The van der Waals surface area contributed by atoms with E-state index in [1.165, 1.54) is 24.3 Å². The summed E-state index contributed by atoms with van der Waals surface area (Å²) in [5, 5.41) is 11.8. The minimum absolute atomic E-state index is 0.0491. The highest BCUT2D eigenvalue weighted by molar-refractivity contribution is 6.47. The number of nitrogens with zero attached hydrogens (tertiary/aromatic N) is 1. The third kappa shape index (κ3) is 3.92. The van der Waals surface area contributed by atoms with Gasteiger partial charge in [0.25, 0.3) is 11.7 Å². The number of carbonyl (C=O) groups is 2. The molecule has 4 rings (SSSR count). The molecule has 2 heterocycles. The molecule has 0 radical (unpaired) electrons. The van der Waals surface area contributed by atoms with Gasteiger partial charge in [-0.3, -0.25) is 9.59 Å². The lowest BCUT2D eigenvalue weighted by atomic mass is 9.95. The Hall–Kier alpha value is -3.22. The van der Waals surface area contributed by atoms with E-state index in [4.69, 9.17) is 32.4 Å². The molecule has 0 aliphatic carbocycles. The largest absolute Gasteiger partial charge is 0.507 e. The second-order valence-corrected chi connectivity index (χ2v) is 7.75. The summed E-state index contributed by atoms with van der Waals surface area (Å²) in [5.41, 5.74) is 0.723. The molecule has 1 fully saturated rings. The molecule has 6 nitrogen and oxygen atoms in total. The number of likely N-dealkylation sites (tertiary alicyclic amines) is 1. The van der Waals surface area contributed by atoms with E-state index in [-0.39, 0.29) is 28.5 Å². The van der Waals surface area contributed by atoms with Crippen LogP contribution in [0, 0.1) is 0 Å². The molecule has 1 amide bonds. The summed E-state index contributed by atoms with van der Waals surface area (Å²) < 4.78 is 10.6. The number of rotatable bonds is 5. The van der Waals surface area contributed by atoms with Crippen molar-refractivity contribution in [1.29, 1.82) is 0 Å². The second kappa shape index (κ2) is 8.49. The number of halogens is 2. The van der Waals surface area contributed by atoms with Crippen molar-refractivity contribution in [2.75, 3.05) is 7.11 Å². The fourth-order valence-corrected chi connectivity index (χ4v) is 3.90. The maximum atomic E-state index is 13.0. The van der Waals surface area contributed by atoms with Crippen molar-refractivity contribution >= 4 is 40.7 Å². The Bertz CT molecular complexity index is 1170. The minimum Gasteiger partial charge on any atom is -0.507 e. The van der Waals surface area contributed by atoms with Gasteiger partial charge in [0.2, 0.25) is 0 Å². The number of benzene rings is 2.